The van der Waals surface area contributed by atoms with Crippen molar-refractivity contribution < 1.29 is 14.3 Å². The summed E-state index contributed by atoms with van der Waals surface area (Å²) in [5, 5.41) is 2.88. The molecular weight excluding hydrogens is 256 g/mol. The van der Waals surface area contributed by atoms with Crippen LogP contribution in [0.4, 0.5) is 0 Å². The normalized spacial score (nSPS) is 27.1. The van der Waals surface area contributed by atoms with Gasteiger partial charge in [-0.3, -0.25) is 9.59 Å². The van der Waals surface area contributed by atoms with Gasteiger partial charge in [-0.2, -0.15) is 0 Å². The molecule has 0 aromatic carbocycles. The molecule has 20 heavy (non-hydrogen) atoms. The molecule has 0 aromatic rings. The van der Waals surface area contributed by atoms with E-state index in [4.69, 9.17) is 4.74 Å². The molecule has 1 aliphatic rings. The van der Waals surface area contributed by atoms with Crippen LogP contribution in [0.1, 0.15) is 47.5 Å². The number of hydrogen-bond donors (Lipinski definition) is 1. The fourth-order valence-electron chi connectivity index (χ4n) is 2.54. The third kappa shape index (κ3) is 3.51. The van der Waals surface area contributed by atoms with Gasteiger partial charge in [0.1, 0.15) is 11.6 Å². The Labute approximate surface area is 122 Å². The number of piperazine rings is 1. The van der Waals surface area contributed by atoms with Crippen LogP contribution in [0, 0.1) is 5.92 Å². The number of ether oxygens (including phenoxy) is 1. The quantitative estimate of drug-likeness (QED) is 0.722. The smallest absolute Gasteiger partial charge is 0.248 e. The largest absolute Gasteiger partial charge is 0.380 e. The van der Waals surface area contributed by atoms with Gasteiger partial charge in [-0.1, -0.05) is 27.7 Å². The molecule has 0 spiro atoms. The van der Waals surface area contributed by atoms with E-state index in [1.807, 2.05) is 27.7 Å². The van der Waals surface area contributed by atoms with Gasteiger partial charge >= 0.3 is 0 Å². The average Bonchev–Trinajstić information content (AvgIpc) is 2.39. The third-order valence-electron chi connectivity index (χ3n) is 3.90. The summed E-state index contributed by atoms with van der Waals surface area (Å²) in [5.41, 5.74) is -0.784. The lowest BCUT2D eigenvalue weighted by atomic mass is 9.88. The highest BCUT2D eigenvalue weighted by molar-refractivity contribution is 5.99. The van der Waals surface area contributed by atoms with Crippen LogP contribution >= 0.6 is 0 Å². The lowest BCUT2D eigenvalue weighted by molar-refractivity contribution is -0.157. The minimum Gasteiger partial charge on any atom is -0.380 e. The fourth-order valence-corrected chi connectivity index (χ4v) is 2.54. The molecule has 5 heteroatoms. The third-order valence-corrected chi connectivity index (χ3v) is 3.90. The van der Waals surface area contributed by atoms with Crippen LogP contribution in [0.15, 0.2) is 0 Å². The Morgan fingerprint density at radius 1 is 1.30 bits per heavy atom. The number of carbonyl (C=O) groups excluding carboxylic acids is 2. The summed E-state index contributed by atoms with van der Waals surface area (Å²) in [6.45, 7) is 11.3. The van der Waals surface area contributed by atoms with Gasteiger partial charge in [-0.25, -0.2) is 0 Å². The molecule has 0 saturated carbocycles. The van der Waals surface area contributed by atoms with Crippen LogP contribution in [0.2, 0.25) is 0 Å². The lowest BCUT2D eigenvalue weighted by Crippen LogP contribution is -2.70. The molecule has 2 atom stereocenters. The van der Waals surface area contributed by atoms with Crippen molar-refractivity contribution in [1.29, 1.82) is 0 Å². The van der Waals surface area contributed by atoms with Gasteiger partial charge in [0.25, 0.3) is 0 Å². The average molecular weight is 284 g/mol. The first-order valence-electron chi connectivity index (χ1n) is 7.58. The summed E-state index contributed by atoms with van der Waals surface area (Å²) in [7, 11) is 0. The highest BCUT2D eigenvalue weighted by Gasteiger charge is 2.47. The molecule has 5 nitrogen and oxygen atoms in total. The second kappa shape index (κ2) is 7.07. The summed E-state index contributed by atoms with van der Waals surface area (Å²) >= 11 is 0. The Hall–Kier alpha value is -1.10. The first-order valence-corrected chi connectivity index (χ1v) is 7.58. The topological polar surface area (TPSA) is 58.6 Å². The minimum atomic E-state index is -0.784. The molecule has 1 aliphatic heterocycles. The maximum atomic E-state index is 12.7. The Morgan fingerprint density at radius 2 is 1.95 bits per heavy atom. The van der Waals surface area contributed by atoms with Crippen molar-refractivity contribution in [3.63, 3.8) is 0 Å². The SMILES string of the molecule is CCCOCCN1C(=O)C(C)(CC)NC(=O)C1C(C)C. The zero-order chi connectivity index (χ0) is 15.3. The summed E-state index contributed by atoms with van der Waals surface area (Å²) in [6.07, 6.45) is 1.55. The summed E-state index contributed by atoms with van der Waals surface area (Å²) in [4.78, 5) is 26.7. The molecule has 1 saturated heterocycles. The van der Waals surface area contributed by atoms with Crippen LogP contribution in [0.3, 0.4) is 0 Å². The number of nitrogens with zero attached hydrogens (tertiary/aromatic N) is 1. The van der Waals surface area contributed by atoms with Crippen molar-refractivity contribution in [3.05, 3.63) is 0 Å². The van der Waals surface area contributed by atoms with Gasteiger partial charge in [0.15, 0.2) is 0 Å². The minimum absolute atomic E-state index is 0.00148. The maximum Gasteiger partial charge on any atom is 0.248 e. The van der Waals surface area contributed by atoms with Crippen LogP contribution < -0.4 is 5.32 Å². The predicted molar refractivity (Wildman–Crippen MR) is 78.3 cm³/mol. The molecule has 0 radical (unpaired) electrons. The van der Waals surface area contributed by atoms with Gasteiger partial charge in [-0.05, 0) is 25.7 Å². The molecule has 0 aromatic heterocycles. The molecule has 1 heterocycles. The van der Waals surface area contributed by atoms with E-state index in [2.05, 4.69) is 5.32 Å². The Kier molecular flexibility index (Phi) is 5.99. The van der Waals surface area contributed by atoms with E-state index in [0.29, 0.717) is 26.2 Å². The second-order valence-corrected chi connectivity index (χ2v) is 5.97. The first-order chi connectivity index (χ1) is 9.37. The number of rotatable bonds is 7. The van der Waals surface area contributed by atoms with Crippen molar-refractivity contribution in [2.24, 2.45) is 5.92 Å². The van der Waals surface area contributed by atoms with Gasteiger partial charge in [0.05, 0.1) is 6.61 Å². The molecule has 1 rings (SSSR count). The second-order valence-electron chi connectivity index (χ2n) is 5.97. The first kappa shape index (κ1) is 17.0. The van der Waals surface area contributed by atoms with Gasteiger partial charge in [0.2, 0.25) is 11.8 Å². The number of carbonyl (C=O) groups is 2. The fraction of sp³-hybridized carbons (Fsp3) is 0.867. The standard InChI is InChI=1S/C15H28N2O3/c1-6-9-20-10-8-17-12(11(3)4)13(18)16-15(5,7-2)14(17)19/h11-12H,6-10H2,1-5H3,(H,16,18). The van der Waals surface area contributed by atoms with Crippen molar-refractivity contribution in [2.75, 3.05) is 19.8 Å². The Morgan fingerprint density at radius 3 is 2.45 bits per heavy atom. The van der Waals surface area contributed by atoms with Crippen molar-refractivity contribution in [1.82, 2.24) is 10.2 Å². The van der Waals surface area contributed by atoms with Crippen LogP contribution in [0.25, 0.3) is 0 Å². The van der Waals surface area contributed by atoms with Crippen molar-refractivity contribution in [2.45, 2.75) is 59.0 Å². The van der Waals surface area contributed by atoms with E-state index in [1.54, 1.807) is 11.8 Å². The highest BCUT2D eigenvalue weighted by atomic mass is 16.5. The number of nitrogens with one attached hydrogen (secondary N) is 1. The molecular formula is C15H28N2O3. The zero-order valence-electron chi connectivity index (χ0n) is 13.4. The summed E-state index contributed by atoms with van der Waals surface area (Å²) in [5.74, 6) is 0.0318. The van der Waals surface area contributed by atoms with Gasteiger partial charge in [-0.15, -0.1) is 0 Å². The predicted octanol–water partition coefficient (Wildman–Crippen LogP) is 1.56. The summed E-state index contributed by atoms with van der Waals surface area (Å²) in [6, 6.07) is -0.396. The lowest BCUT2D eigenvalue weighted by Gasteiger charge is -2.45. The van der Waals surface area contributed by atoms with Crippen molar-refractivity contribution in [3.8, 4) is 0 Å². The zero-order valence-corrected chi connectivity index (χ0v) is 13.4. The Bertz CT molecular complexity index is 357. The van der Waals surface area contributed by atoms with E-state index in [1.165, 1.54) is 0 Å². The number of hydrogen-bond acceptors (Lipinski definition) is 3. The van der Waals surface area contributed by atoms with Crippen LogP contribution in [-0.2, 0) is 14.3 Å². The molecule has 116 valence electrons. The summed E-state index contributed by atoms with van der Waals surface area (Å²) < 4.78 is 5.47. The van der Waals surface area contributed by atoms with Crippen LogP contribution in [0.5, 0.6) is 0 Å². The van der Waals surface area contributed by atoms with Gasteiger partial charge in [0, 0.05) is 13.2 Å². The van der Waals surface area contributed by atoms with E-state index >= 15 is 0 Å². The van der Waals surface area contributed by atoms with E-state index < -0.39 is 11.6 Å². The Balaban J connectivity index is 2.85. The maximum absolute atomic E-state index is 12.7. The van der Waals surface area contributed by atoms with Gasteiger partial charge < -0.3 is 15.0 Å². The van der Waals surface area contributed by atoms with E-state index in [9.17, 15) is 9.59 Å². The number of amides is 2. The molecule has 1 fully saturated rings. The molecule has 0 bridgehead atoms. The molecule has 0 aliphatic carbocycles. The monoisotopic (exact) mass is 284 g/mol. The van der Waals surface area contributed by atoms with Crippen molar-refractivity contribution >= 4 is 11.8 Å². The van der Waals surface area contributed by atoms with E-state index in [-0.39, 0.29) is 17.7 Å². The molecule has 2 amide bonds. The highest BCUT2D eigenvalue weighted by Crippen LogP contribution is 2.24. The van der Waals surface area contributed by atoms with Crippen LogP contribution in [-0.4, -0.2) is 48.1 Å². The van der Waals surface area contributed by atoms with E-state index in [0.717, 1.165) is 6.42 Å². The molecule has 1 N–H and O–H groups in total. The molecule has 2 unspecified atom stereocenters.